The van der Waals surface area contributed by atoms with Crippen molar-refractivity contribution in [2.45, 2.75) is 26.2 Å². The zero-order chi connectivity index (χ0) is 18.7. The Balaban J connectivity index is 0.00000261. The van der Waals surface area contributed by atoms with Gasteiger partial charge in [0.1, 0.15) is 13.3 Å². The maximum Gasteiger partial charge on any atom is 0.338 e. The van der Waals surface area contributed by atoms with Crippen LogP contribution in [-0.4, -0.2) is 36.1 Å². The van der Waals surface area contributed by atoms with Crippen LogP contribution in [0.25, 0.3) is 0 Å². The van der Waals surface area contributed by atoms with Gasteiger partial charge in [-0.25, -0.2) is 4.79 Å². The van der Waals surface area contributed by atoms with Gasteiger partial charge in [-0.05, 0) is 39.0 Å². The lowest BCUT2D eigenvalue weighted by molar-refractivity contribution is -0.400. The van der Waals surface area contributed by atoms with Gasteiger partial charge >= 0.3 is 5.97 Å². The molecule has 6 heteroatoms. The summed E-state index contributed by atoms with van der Waals surface area (Å²) in [5.74, 6) is -0.332. The van der Waals surface area contributed by atoms with Crippen LogP contribution in [0.15, 0.2) is 53.6 Å². The molecular formula is C21H24ClN3O2. The third-order valence-corrected chi connectivity index (χ3v) is 4.69. The summed E-state index contributed by atoms with van der Waals surface area (Å²) in [6.45, 7) is 6.53. The van der Waals surface area contributed by atoms with Gasteiger partial charge in [-0.15, -0.1) is 0 Å². The molecule has 0 spiro atoms. The van der Waals surface area contributed by atoms with Crippen molar-refractivity contribution in [3.05, 3.63) is 59.7 Å². The Morgan fingerprint density at radius 2 is 1.96 bits per heavy atom. The molecule has 0 aliphatic carbocycles. The molecule has 1 aliphatic rings. The molecular weight excluding hydrogens is 362 g/mol. The monoisotopic (exact) mass is 385 g/mol. The van der Waals surface area contributed by atoms with E-state index in [1.165, 1.54) is 11.3 Å². The van der Waals surface area contributed by atoms with Crippen LogP contribution in [0.5, 0.6) is 0 Å². The molecule has 0 amide bonds. The summed E-state index contributed by atoms with van der Waals surface area (Å²) in [5, 5.41) is 4.39. The van der Waals surface area contributed by atoms with E-state index in [-0.39, 0.29) is 23.8 Å². The van der Waals surface area contributed by atoms with E-state index in [1.54, 1.807) is 25.1 Å². The second kappa shape index (κ2) is 8.35. The lowest BCUT2D eigenvalue weighted by Gasteiger charge is -2.14. The highest BCUT2D eigenvalue weighted by molar-refractivity contribution is 6.33. The lowest BCUT2D eigenvalue weighted by atomic mass is 9.82. The zero-order valence-electron chi connectivity index (χ0n) is 16.0. The fourth-order valence-corrected chi connectivity index (χ4v) is 3.33. The average molecular weight is 386 g/mol. The Hall–Kier alpha value is -2.66. The molecule has 2 aromatic rings. The number of para-hydroxylation sites is 1. The molecule has 1 aliphatic heterocycles. The van der Waals surface area contributed by atoms with Gasteiger partial charge in [0, 0.05) is 11.6 Å². The molecule has 0 aromatic heterocycles. The lowest BCUT2D eigenvalue weighted by Crippen LogP contribution is -3.00. The number of ether oxygens (including phenoxy) is 1. The number of hydrogen-bond acceptors (Lipinski definition) is 4. The van der Waals surface area contributed by atoms with Crippen molar-refractivity contribution in [3.63, 3.8) is 0 Å². The summed E-state index contributed by atoms with van der Waals surface area (Å²) in [6.07, 6.45) is 1.84. The van der Waals surface area contributed by atoms with E-state index in [0.29, 0.717) is 12.2 Å². The van der Waals surface area contributed by atoms with Crippen LogP contribution in [-0.2, 0) is 10.2 Å². The number of anilines is 1. The summed E-state index contributed by atoms with van der Waals surface area (Å²) >= 11 is 0. The third kappa shape index (κ3) is 4.03. The quantitative estimate of drug-likeness (QED) is 0.361. The number of carbonyl (C=O) groups excluding carboxylic acids is 1. The summed E-state index contributed by atoms with van der Waals surface area (Å²) < 4.78 is 7.19. The first-order valence-corrected chi connectivity index (χ1v) is 8.72. The topological polar surface area (TPSA) is 53.7 Å². The van der Waals surface area contributed by atoms with Crippen LogP contribution in [0.2, 0.25) is 0 Å². The molecule has 0 bridgehead atoms. The van der Waals surface area contributed by atoms with Crippen molar-refractivity contribution < 1.29 is 26.5 Å². The summed E-state index contributed by atoms with van der Waals surface area (Å²) in [6, 6.07) is 15.5. The molecule has 0 saturated heterocycles. The van der Waals surface area contributed by atoms with Crippen LogP contribution in [0.3, 0.4) is 0 Å². The fraction of sp³-hybridized carbons (Fsp3) is 0.286. The molecule has 5 nitrogen and oxygen atoms in total. The SMILES string of the molecule is CCOC(=O)c1cccc(NN=CC2=[N+](C)c3ccccc3C2(C)C)c1.[Cl-]. The van der Waals surface area contributed by atoms with Crippen molar-refractivity contribution in [2.75, 3.05) is 19.1 Å². The number of hydrogen-bond donors (Lipinski definition) is 1. The Morgan fingerprint density at radius 3 is 2.67 bits per heavy atom. The number of hydrazone groups is 1. The van der Waals surface area contributed by atoms with E-state index in [4.69, 9.17) is 4.74 Å². The molecule has 1 heterocycles. The summed E-state index contributed by atoms with van der Waals surface area (Å²) in [7, 11) is 2.05. The predicted molar refractivity (Wildman–Crippen MR) is 105 cm³/mol. The highest BCUT2D eigenvalue weighted by Crippen LogP contribution is 2.37. The van der Waals surface area contributed by atoms with Crippen LogP contribution < -0.4 is 17.8 Å². The normalized spacial score (nSPS) is 14.7. The molecule has 142 valence electrons. The Labute approximate surface area is 166 Å². The van der Waals surface area contributed by atoms with E-state index >= 15 is 0 Å². The average Bonchev–Trinajstić information content (AvgIpc) is 2.83. The molecule has 0 atom stereocenters. The highest BCUT2D eigenvalue weighted by atomic mass is 35.5. The minimum atomic E-state index is -0.332. The van der Waals surface area contributed by atoms with Gasteiger partial charge < -0.3 is 17.1 Å². The molecule has 0 unspecified atom stereocenters. The fourth-order valence-electron chi connectivity index (χ4n) is 3.33. The molecule has 1 N–H and O–H groups in total. The number of rotatable bonds is 5. The van der Waals surface area contributed by atoms with E-state index in [2.05, 4.69) is 54.2 Å². The maximum absolute atomic E-state index is 11.8. The van der Waals surface area contributed by atoms with Gasteiger partial charge in [0.15, 0.2) is 0 Å². The molecule has 27 heavy (non-hydrogen) atoms. The number of nitrogens with zero attached hydrogens (tertiary/aromatic N) is 2. The summed E-state index contributed by atoms with van der Waals surface area (Å²) in [4.78, 5) is 11.8. The minimum absolute atomic E-state index is 0. The highest BCUT2D eigenvalue weighted by Gasteiger charge is 2.43. The van der Waals surface area contributed by atoms with Crippen LogP contribution in [0.1, 0.15) is 36.7 Å². The molecule has 2 aromatic carbocycles. The first-order valence-electron chi connectivity index (χ1n) is 8.72. The van der Waals surface area contributed by atoms with Gasteiger partial charge in [-0.2, -0.15) is 9.68 Å². The van der Waals surface area contributed by atoms with Gasteiger partial charge in [0.2, 0.25) is 11.4 Å². The number of halogens is 1. The number of fused-ring (bicyclic) bond motifs is 1. The largest absolute Gasteiger partial charge is 1.00 e. The second-order valence-corrected chi connectivity index (χ2v) is 6.76. The van der Waals surface area contributed by atoms with Crippen LogP contribution >= 0.6 is 0 Å². The van der Waals surface area contributed by atoms with Crippen LogP contribution in [0.4, 0.5) is 11.4 Å². The van der Waals surface area contributed by atoms with E-state index in [1.807, 2.05) is 18.3 Å². The van der Waals surface area contributed by atoms with Crippen molar-refractivity contribution in [3.8, 4) is 0 Å². The van der Waals surface area contributed by atoms with Crippen molar-refractivity contribution >= 4 is 29.3 Å². The Kier molecular flexibility index (Phi) is 6.39. The van der Waals surface area contributed by atoms with Gasteiger partial charge in [-0.1, -0.05) is 24.3 Å². The first kappa shape index (κ1) is 20.6. The van der Waals surface area contributed by atoms with Crippen molar-refractivity contribution in [1.82, 2.24) is 0 Å². The van der Waals surface area contributed by atoms with E-state index in [9.17, 15) is 4.79 Å². The third-order valence-electron chi connectivity index (χ3n) is 4.69. The van der Waals surface area contributed by atoms with Crippen molar-refractivity contribution in [1.29, 1.82) is 0 Å². The zero-order valence-corrected chi connectivity index (χ0v) is 16.7. The minimum Gasteiger partial charge on any atom is -1.00 e. The maximum atomic E-state index is 11.8. The standard InChI is InChI=1S/C21H23N3O2.ClH/c1-5-26-20(25)15-9-8-10-16(13-15)23-22-14-19-21(2,3)17-11-6-7-12-18(17)24(19)4;/h6-14H,5H2,1-4H3;1H. The number of nitrogens with one attached hydrogen (secondary N) is 1. The first-order chi connectivity index (χ1) is 12.4. The number of carbonyl (C=O) groups is 1. The van der Waals surface area contributed by atoms with E-state index < -0.39 is 0 Å². The van der Waals surface area contributed by atoms with Crippen molar-refractivity contribution in [2.24, 2.45) is 5.10 Å². The number of benzene rings is 2. The molecule has 0 fully saturated rings. The molecule has 0 saturated carbocycles. The van der Waals surface area contributed by atoms with Gasteiger partial charge in [0.05, 0.1) is 23.3 Å². The molecule has 3 rings (SSSR count). The Bertz CT molecular complexity index is 904. The Morgan fingerprint density at radius 1 is 1.22 bits per heavy atom. The van der Waals surface area contributed by atoms with Crippen LogP contribution in [0, 0.1) is 0 Å². The summed E-state index contributed by atoms with van der Waals surface area (Å²) in [5.41, 5.74) is 7.72. The van der Waals surface area contributed by atoms with Gasteiger partial charge in [0.25, 0.3) is 0 Å². The van der Waals surface area contributed by atoms with E-state index in [0.717, 1.165) is 11.4 Å². The smallest absolute Gasteiger partial charge is 0.338 e. The van der Waals surface area contributed by atoms with Gasteiger partial charge in [-0.3, -0.25) is 5.43 Å². The molecule has 0 radical (unpaired) electrons. The second-order valence-electron chi connectivity index (χ2n) is 6.76. The number of esters is 1. The predicted octanol–water partition coefficient (Wildman–Crippen LogP) is 0.971.